The number of hydrogen-bond acceptors (Lipinski definition) is 3. The number of anilines is 1. The summed E-state index contributed by atoms with van der Waals surface area (Å²) in [6.45, 7) is 7.12. The summed E-state index contributed by atoms with van der Waals surface area (Å²) in [4.78, 5) is 2.41. The minimum Gasteiger partial charge on any atom is -0.389 e. The van der Waals surface area contributed by atoms with E-state index in [-0.39, 0.29) is 0 Å². The third-order valence-electron chi connectivity index (χ3n) is 4.57. The van der Waals surface area contributed by atoms with Crippen LogP contribution in [0, 0.1) is 0 Å². The number of hydrogen-bond donors (Lipinski definition) is 2. The van der Waals surface area contributed by atoms with Gasteiger partial charge in [-0.3, -0.25) is 0 Å². The van der Waals surface area contributed by atoms with Crippen LogP contribution >= 0.6 is 0 Å². The normalized spacial score (nSPS) is 18.1. The molecule has 0 aliphatic carbocycles. The molecule has 3 nitrogen and oxygen atoms in total. The Morgan fingerprint density at radius 1 is 1.15 bits per heavy atom. The zero-order valence-electron chi connectivity index (χ0n) is 12.8. The zero-order chi connectivity index (χ0) is 14.4. The Balaban J connectivity index is 1.78. The zero-order valence-corrected chi connectivity index (χ0v) is 12.8. The average molecular weight is 276 g/mol. The van der Waals surface area contributed by atoms with Crippen LogP contribution in [0.3, 0.4) is 0 Å². The van der Waals surface area contributed by atoms with Crippen LogP contribution in [0.4, 0.5) is 5.69 Å². The summed E-state index contributed by atoms with van der Waals surface area (Å²) < 4.78 is 0. The lowest BCUT2D eigenvalue weighted by atomic mass is 9.95. The van der Waals surface area contributed by atoms with Crippen LogP contribution in [0.1, 0.15) is 39.5 Å². The molecule has 0 radical (unpaired) electrons. The highest BCUT2D eigenvalue weighted by Gasteiger charge is 2.28. The maximum Gasteiger partial charge on any atom is 0.0768 e. The summed E-state index contributed by atoms with van der Waals surface area (Å²) in [6, 6.07) is 11.0. The fourth-order valence-corrected chi connectivity index (χ4v) is 2.90. The SMILES string of the molecule is CCC(O)(CC)CN1CCC(Nc2ccccc2)CC1. The van der Waals surface area contributed by atoms with Crippen LogP contribution in [-0.2, 0) is 0 Å². The van der Waals surface area contributed by atoms with E-state index < -0.39 is 5.60 Å². The van der Waals surface area contributed by atoms with Gasteiger partial charge in [-0.1, -0.05) is 32.0 Å². The fourth-order valence-electron chi connectivity index (χ4n) is 2.90. The van der Waals surface area contributed by atoms with Gasteiger partial charge >= 0.3 is 0 Å². The van der Waals surface area contributed by atoms with E-state index >= 15 is 0 Å². The number of piperidine rings is 1. The van der Waals surface area contributed by atoms with Crippen molar-refractivity contribution in [1.82, 2.24) is 4.90 Å². The van der Waals surface area contributed by atoms with Gasteiger partial charge in [0, 0.05) is 31.4 Å². The topological polar surface area (TPSA) is 35.5 Å². The molecule has 1 aromatic rings. The maximum atomic E-state index is 10.4. The number of nitrogens with one attached hydrogen (secondary N) is 1. The Labute approximate surface area is 123 Å². The largest absolute Gasteiger partial charge is 0.389 e. The Bertz CT molecular complexity index is 381. The first-order chi connectivity index (χ1) is 9.65. The van der Waals surface area contributed by atoms with E-state index in [4.69, 9.17) is 0 Å². The molecular formula is C17H28N2O. The second-order valence-electron chi connectivity index (χ2n) is 5.99. The summed E-state index contributed by atoms with van der Waals surface area (Å²) in [7, 11) is 0. The molecule has 112 valence electrons. The Hall–Kier alpha value is -1.06. The quantitative estimate of drug-likeness (QED) is 0.838. The smallest absolute Gasteiger partial charge is 0.0768 e. The highest BCUT2D eigenvalue weighted by molar-refractivity contribution is 5.43. The van der Waals surface area contributed by atoms with E-state index in [9.17, 15) is 5.11 Å². The van der Waals surface area contributed by atoms with Crippen LogP contribution in [0.25, 0.3) is 0 Å². The molecule has 2 rings (SSSR count). The standard InChI is InChI=1S/C17H28N2O/c1-3-17(20,4-2)14-19-12-10-16(11-13-19)18-15-8-6-5-7-9-15/h5-9,16,18,20H,3-4,10-14H2,1-2H3. The van der Waals surface area contributed by atoms with Gasteiger partial charge in [0.1, 0.15) is 0 Å². The van der Waals surface area contributed by atoms with Gasteiger partial charge in [-0.2, -0.15) is 0 Å². The molecular weight excluding hydrogens is 248 g/mol. The third kappa shape index (κ3) is 4.22. The van der Waals surface area contributed by atoms with E-state index in [2.05, 4.69) is 48.3 Å². The van der Waals surface area contributed by atoms with E-state index in [0.29, 0.717) is 6.04 Å². The second kappa shape index (κ2) is 7.09. The minimum absolute atomic E-state index is 0.500. The molecule has 1 heterocycles. The predicted octanol–water partition coefficient (Wildman–Crippen LogP) is 3.11. The van der Waals surface area contributed by atoms with Crippen molar-refractivity contribution in [2.24, 2.45) is 0 Å². The molecule has 1 fully saturated rings. The Morgan fingerprint density at radius 2 is 1.75 bits per heavy atom. The first-order valence-corrected chi connectivity index (χ1v) is 7.91. The number of para-hydroxylation sites is 1. The molecule has 0 saturated carbocycles. The predicted molar refractivity (Wildman–Crippen MR) is 85.1 cm³/mol. The summed E-state index contributed by atoms with van der Waals surface area (Å²) in [6.07, 6.45) is 3.98. The number of benzene rings is 1. The van der Waals surface area contributed by atoms with Crippen LogP contribution in [0.15, 0.2) is 30.3 Å². The summed E-state index contributed by atoms with van der Waals surface area (Å²) in [5.41, 5.74) is 0.712. The van der Waals surface area contributed by atoms with Crippen molar-refractivity contribution in [3.8, 4) is 0 Å². The monoisotopic (exact) mass is 276 g/mol. The van der Waals surface area contributed by atoms with Crippen molar-refractivity contribution in [1.29, 1.82) is 0 Å². The van der Waals surface area contributed by atoms with Gasteiger partial charge in [0.25, 0.3) is 0 Å². The van der Waals surface area contributed by atoms with Crippen LogP contribution in [0.2, 0.25) is 0 Å². The molecule has 0 amide bonds. The summed E-state index contributed by atoms with van der Waals surface area (Å²) in [5.74, 6) is 0. The van der Waals surface area contributed by atoms with Crippen LogP contribution in [0.5, 0.6) is 0 Å². The van der Waals surface area contributed by atoms with Crippen molar-refractivity contribution >= 4 is 5.69 Å². The minimum atomic E-state index is -0.500. The highest BCUT2D eigenvalue weighted by Crippen LogP contribution is 2.21. The first kappa shape index (κ1) is 15.3. The van der Waals surface area contributed by atoms with Gasteiger partial charge in [0.05, 0.1) is 5.60 Å². The van der Waals surface area contributed by atoms with E-state index in [1.165, 1.54) is 5.69 Å². The van der Waals surface area contributed by atoms with Gasteiger partial charge in [0.15, 0.2) is 0 Å². The van der Waals surface area contributed by atoms with Gasteiger partial charge < -0.3 is 15.3 Å². The number of β-amino-alcohol motifs (C(OH)–C–C–N with tert-alkyl or cyclic N) is 1. The van der Waals surface area contributed by atoms with E-state index in [1.54, 1.807) is 0 Å². The molecule has 1 aromatic carbocycles. The van der Waals surface area contributed by atoms with Crippen LogP contribution < -0.4 is 5.32 Å². The molecule has 0 bridgehead atoms. The average Bonchev–Trinajstić information content (AvgIpc) is 2.50. The molecule has 1 saturated heterocycles. The lowest BCUT2D eigenvalue weighted by Crippen LogP contribution is -2.47. The maximum absolute atomic E-state index is 10.4. The lowest BCUT2D eigenvalue weighted by molar-refractivity contribution is -0.00840. The molecule has 2 N–H and O–H groups in total. The second-order valence-corrected chi connectivity index (χ2v) is 5.99. The summed E-state index contributed by atoms with van der Waals surface area (Å²) >= 11 is 0. The number of nitrogens with zero attached hydrogens (tertiary/aromatic N) is 1. The third-order valence-corrected chi connectivity index (χ3v) is 4.57. The van der Waals surface area contributed by atoms with Crippen molar-refractivity contribution in [2.45, 2.75) is 51.2 Å². The van der Waals surface area contributed by atoms with Crippen LogP contribution in [-0.4, -0.2) is 41.3 Å². The fraction of sp³-hybridized carbons (Fsp3) is 0.647. The molecule has 0 aromatic heterocycles. The van der Waals surface area contributed by atoms with Gasteiger partial charge in [0.2, 0.25) is 0 Å². The highest BCUT2D eigenvalue weighted by atomic mass is 16.3. The summed E-state index contributed by atoms with van der Waals surface area (Å²) in [5, 5.41) is 14.0. The Morgan fingerprint density at radius 3 is 2.30 bits per heavy atom. The van der Waals surface area contributed by atoms with Crippen molar-refractivity contribution in [2.75, 3.05) is 25.0 Å². The number of aliphatic hydroxyl groups is 1. The van der Waals surface area contributed by atoms with E-state index in [0.717, 1.165) is 45.3 Å². The molecule has 3 heteroatoms. The molecule has 0 spiro atoms. The molecule has 0 unspecified atom stereocenters. The lowest BCUT2D eigenvalue weighted by Gasteiger charge is -2.38. The van der Waals surface area contributed by atoms with Gasteiger partial charge in [-0.25, -0.2) is 0 Å². The molecule has 1 aliphatic rings. The molecule has 20 heavy (non-hydrogen) atoms. The molecule has 0 atom stereocenters. The van der Waals surface area contributed by atoms with Crippen molar-refractivity contribution < 1.29 is 5.11 Å². The van der Waals surface area contributed by atoms with Gasteiger partial charge in [-0.15, -0.1) is 0 Å². The Kier molecular flexibility index (Phi) is 5.44. The van der Waals surface area contributed by atoms with E-state index in [1.807, 2.05) is 6.07 Å². The number of rotatable bonds is 6. The first-order valence-electron chi connectivity index (χ1n) is 7.91. The van der Waals surface area contributed by atoms with Crippen molar-refractivity contribution in [3.63, 3.8) is 0 Å². The van der Waals surface area contributed by atoms with Crippen molar-refractivity contribution in [3.05, 3.63) is 30.3 Å². The molecule has 1 aliphatic heterocycles. The van der Waals surface area contributed by atoms with Gasteiger partial charge in [-0.05, 0) is 37.8 Å². The number of likely N-dealkylation sites (tertiary alicyclic amines) is 1.